The Balaban J connectivity index is 2.48. The molecule has 0 bridgehead atoms. The first-order chi connectivity index (χ1) is 7.70. The van der Waals surface area contributed by atoms with Gasteiger partial charge < -0.3 is 4.74 Å². The van der Waals surface area contributed by atoms with Gasteiger partial charge in [0.1, 0.15) is 5.75 Å². The third-order valence-corrected chi connectivity index (χ3v) is 2.80. The van der Waals surface area contributed by atoms with Gasteiger partial charge in [-0.1, -0.05) is 29.8 Å². The highest BCUT2D eigenvalue weighted by molar-refractivity contribution is 6.30. The standard InChI is InChI=1S/C14H13ClO/c1-10-8-13(16-2)6-7-14(10)11-4-3-5-12(15)9-11/h3-9H,1-2H3. The lowest BCUT2D eigenvalue weighted by Crippen LogP contribution is -1.87. The van der Waals surface area contributed by atoms with Crippen molar-refractivity contribution in [1.82, 2.24) is 0 Å². The van der Waals surface area contributed by atoms with Gasteiger partial charge in [-0.25, -0.2) is 0 Å². The van der Waals surface area contributed by atoms with Crippen molar-refractivity contribution < 1.29 is 4.74 Å². The van der Waals surface area contributed by atoms with E-state index in [9.17, 15) is 0 Å². The zero-order valence-corrected chi connectivity index (χ0v) is 10.1. The number of hydrogen-bond acceptors (Lipinski definition) is 1. The Morgan fingerprint density at radius 3 is 2.50 bits per heavy atom. The molecule has 2 aromatic rings. The van der Waals surface area contributed by atoms with Crippen LogP contribution in [0, 0.1) is 6.92 Å². The molecule has 82 valence electrons. The lowest BCUT2D eigenvalue weighted by molar-refractivity contribution is 0.414. The van der Waals surface area contributed by atoms with E-state index >= 15 is 0 Å². The predicted octanol–water partition coefficient (Wildman–Crippen LogP) is 4.32. The van der Waals surface area contributed by atoms with E-state index in [0.717, 1.165) is 16.3 Å². The Bertz CT molecular complexity index is 506. The predicted molar refractivity (Wildman–Crippen MR) is 68.2 cm³/mol. The van der Waals surface area contributed by atoms with Crippen LogP contribution < -0.4 is 4.74 Å². The molecule has 0 unspecified atom stereocenters. The molecule has 0 heterocycles. The number of halogens is 1. The number of ether oxygens (including phenoxy) is 1. The molecule has 0 radical (unpaired) electrons. The van der Waals surface area contributed by atoms with Gasteiger partial charge in [-0.2, -0.15) is 0 Å². The molecule has 0 aliphatic heterocycles. The molecule has 16 heavy (non-hydrogen) atoms. The van der Waals surface area contributed by atoms with Gasteiger partial charge >= 0.3 is 0 Å². The molecule has 2 rings (SSSR count). The van der Waals surface area contributed by atoms with Crippen LogP contribution >= 0.6 is 11.6 Å². The smallest absolute Gasteiger partial charge is 0.119 e. The van der Waals surface area contributed by atoms with Crippen molar-refractivity contribution in [3.05, 3.63) is 53.1 Å². The second kappa shape index (κ2) is 4.58. The van der Waals surface area contributed by atoms with E-state index in [1.807, 2.05) is 30.3 Å². The zero-order valence-electron chi connectivity index (χ0n) is 9.33. The fourth-order valence-corrected chi connectivity index (χ4v) is 1.93. The van der Waals surface area contributed by atoms with E-state index in [1.54, 1.807) is 7.11 Å². The van der Waals surface area contributed by atoms with Crippen molar-refractivity contribution in [2.75, 3.05) is 7.11 Å². The first-order valence-corrected chi connectivity index (χ1v) is 5.49. The van der Waals surface area contributed by atoms with Crippen molar-refractivity contribution in [2.45, 2.75) is 6.92 Å². The van der Waals surface area contributed by atoms with Gasteiger partial charge in [-0.05, 0) is 47.9 Å². The third-order valence-electron chi connectivity index (χ3n) is 2.57. The summed E-state index contributed by atoms with van der Waals surface area (Å²) in [4.78, 5) is 0. The molecule has 1 nitrogen and oxygen atoms in total. The largest absolute Gasteiger partial charge is 0.497 e. The SMILES string of the molecule is COc1ccc(-c2cccc(Cl)c2)c(C)c1. The Morgan fingerprint density at radius 1 is 1.06 bits per heavy atom. The summed E-state index contributed by atoms with van der Waals surface area (Å²) in [5.41, 5.74) is 3.50. The summed E-state index contributed by atoms with van der Waals surface area (Å²) in [6.45, 7) is 2.07. The molecule has 0 fully saturated rings. The van der Waals surface area contributed by atoms with Gasteiger partial charge in [-0.3, -0.25) is 0 Å². The summed E-state index contributed by atoms with van der Waals surface area (Å²) < 4.78 is 5.18. The average molecular weight is 233 g/mol. The monoisotopic (exact) mass is 232 g/mol. The van der Waals surface area contributed by atoms with Crippen LogP contribution in [0.4, 0.5) is 0 Å². The Kier molecular flexibility index (Phi) is 3.16. The first kappa shape index (κ1) is 11.0. The highest BCUT2D eigenvalue weighted by Crippen LogP contribution is 2.28. The minimum Gasteiger partial charge on any atom is -0.497 e. The normalized spacial score (nSPS) is 10.2. The molecule has 0 N–H and O–H groups in total. The van der Waals surface area contributed by atoms with Gasteiger partial charge in [0.05, 0.1) is 7.11 Å². The van der Waals surface area contributed by atoms with E-state index < -0.39 is 0 Å². The summed E-state index contributed by atoms with van der Waals surface area (Å²) >= 11 is 5.98. The van der Waals surface area contributed by atoms with Gasteiger partial charge in [0.15, 0.2) is 0 Å². The number of benzene rings is 2. The Labute approximate surface area is 101 Å². The molecule has 0 aliphatic carbocycles. The van der Waals surface area contributed by atoms with Crippen LogP contribution in [-0.2, 0) is 0 Å². The molecule has 0 saturated carbocycles. The van der Waals surface area contributed by atoms with Gasteiger partial charge in [0.25, 0.3) is 0 Å². The highest BCUT2D eigenvalue weighted by atomic mass is 35.5. The minimum absolute atomic E-state index is 0.757. The maximum Gasteiger partial charge on any atom is 0.119 e. The molecular weight excluding hydrogens is 220 g/mol. The number of rotatable bonds is 2. The molecule has 0 saturated heterocycles. The summed E-state index contributed by atoms with van der Waals surface area (Å²) in [6.07, 6.45) is 0. The Hall–Kier alpha value is -1.47. The van der Waals surface area contributed by atoms with Crippen LogP contribution in [0.25, 0.3) is 11.1 Å². The molecule has 0 amide bonds. The highest BCUT2D eigenvalue weighted by Gasteiger charge is 2.03. The van der Waals surface area contributed by atoms with Crippen LogP contribution in [0.2, 0.25) is 5.02 Å². The van der Waals surface area contributed by atoms with Gasteiger partial charge in [0.2, 0.25) is 0 Å². The minimum atomic E-state index is 0.757. The molecule has 0 atom stereocenters. The summed E-state index contributed by atoms with van der Waals surface area (Å²) in [5.74, 6) is 0.878. The molecular formula is C14H13ClO. The van der Waals surface area contributed by atoms with Crippen LogP contribution in [0.3, 0.4) is 0 Å². The maximum absolute atomic E-state index is 5.98. The summed E-state index contributed by atoms with van der Waals surface area (Å²) in [7, 11) is 1.67. The van der Waals surface area contributed by atoms with Crippen molar-refractivity contribution in [2.24, 2.45) is 0 Å². The average Bonchev–Trinajstić information content (AvgIpc) is 2.28. The topological polar surface area (TPSA) is 9.23 Å². The first-order valence-electron chi connectivity index (χ1n) is 5.11. The van der Waals surface area contributed by atoms with Crippen molar-refractivity contribution in [3.8, 4) is 16.9 Å². The van der Waals surface area contributed by atoms with Crippen molar-refractivity contribution in [3.63, 3.8) is 0 Å². The number of methoxy groups -OCH3 is 1. The molecule has 2 aromatic carbocycles. The van der Waals surface area contributed by atoms with Crippen molar-refractivity contribution >= 4 is 11.6 Å². The summed E-state index contributed by atoms with van der Waals surface area (Å²) in [5, 5.41) is 0.757. The summed E-state index contributed by atoms with van der Waals surface area (Å²) in [6, 6.07) is 13.9. The molecule has 0 aliphatic rings. The second-order valence-corrected chi connectivity index (χ2v) is 4.13. The van der Waals surface area contributed by atoms with E-state index in [1.165, 1.54) is 11.1 Å². The molecule has 2 heteroatoms. The Morgan fingerprint density at radius 2 is 1.88 bits per heavy atom. The number of aryl methyl sites for hydroxylation is 1. The van der Waals surface area contributed by atoms with Crippen LogP contribution in [0.15, 0.2) is 42.5 Å². The quantitative estimate of drug-likeness (QED) is 0.749. The fourth-order valence-electron chi connectivity index (χ4n) is 1.74. The number of hydrogen-bond donors (Lipinski definition) is 0. The van der Waals surface area contributed by atoms with Crippen LogP contribution in [-0.4, -0.2) is 7.11 Å². The maximum atomic E-state index is 5.98. The zero-order chi connectivity index (χ0) is 11.5. The van der Waals surface area contributed by atoms with Gasteiger partial charge in [-0.15, -0.1) is 0 Å². The van der Waals surface area contributed by atoms with Crippen molar-refractivity contribution in [1.29, 1.82) is 0 Å². The molecule has 0 spiro atoms. The third kappa shape index (κ3) is 2.20. The molecule has 0 aromatic heterocycles. The van der Waals surface area contributed by atoms with Crippen LogP contribution in [0.1, 0.15) is 5.56 Å². The second-order valence-electron chi connectivity index (χ2n) is 3.69. The van der Waals surface area contributed by atoms with E-state index in [-0.39, 0.29) is 0 Å². The van der Waals surface area contributed by atoms with Gasteiger partial charge in [0, 0.05) is 5.02 Å². The lowest BCUT2D eigenvalue weighted by Gasteiger charge is -2.08. The van der Waals surface area contributed by atoms with Crippen LogP contribution in [0.5, 0.6) is 5.75 Å². The lowest BCUT2D eigenvalue weighted by atomic mass is 10.0. The van der Waals surface area contributed by atoms with E-state index in [0.29, 0.717) is 0 Å². The van der Waals surface area contributed by atoms with E-state index in [2.05, 4.69) is 19.1 Å². The fraction of sp³-hybridized carbons (Fsp3) is 0.143. The van der Waals surface area contributed by atoms with E-state index in [4.69, 9.17) is 16.3 Å².